The molecule has 0 fully saturated rings. The first-order chi connectivity index (χ1) is 5.88. The molecule has 66 valence electrons. The van der Waals surface area contributed by atoms with Crippen molar-refractivity contribution < 1.29 is 4.79 Å². The Morgan fingerprint density at radius 2 is 2.33 bits per heavy atom. The van der Waals surface area contributed by atoms with Crippen molar-refractivity contribution in [3.05, 3.63) is 12.2 Å². The molecule has 0 atom stereocenters. The van der Waals surface area contributed by atoms with E-state index in [1.165, 1.54) is 0 Å². The number of hydrogen-bond acceptors (Lipinski definition) is 3. The van der Waals surface area contributed by atoms with Crippen molar-refractivity contribution in [2.75, 3.05) is 6.54 Å². The summed E-state index contributed by atoms with van der Waals surface area (Å²) in [6.45, 7) is 5.44. The minimum atomic E-state index is -0.135. The monoisotopic (exact) mass is 168 g/mol. The molecular formula is C7H12N4O. The Hall–Kier alpha value is -1.39. The predicted octanol–water partition coefficient (Wildman–Crippen LogP) is 0.0477. The van der Waals surface area contributed by atoms with E-state index in [9.17, 15) is 4.79 Å². The highest BCUT2D eigenvalue weighted by molar-refractivity contribution is 5.91. The van der Waals surface area contributed by atoms with Gasteiger partial charge in [0.05, 0.1) is 0 Å². The first-order valence-corrected chi connectivity index (χ1v) is 4.04. The molecule has 5 heteroatoms. The molecule has 0 unspecified atom stereocenters. The van der Waals surface area contributed by atoms with Gasteiger partial charge in [0.1, 0.15) is 6.33 Å². The van der Waals surface area contributed by atoms with Crippen molar-refractivity contribution in [1.29, 1.82) is 0 Å². The molecule has 1 aliphatic rings. The molecule has 2 rings (SSSR count). The average Bonchev–Trinajstić information content (AvgIpc) is 2.57. The van der Waals surface area contributed by atoms with Crippen LogP contribution >= 0.6 is 0 Å². The molecule has 12 heavy (non-hydrogen) atoms. The lowest BCUT2D eigenvalue weighted by Crippen LogP contribution is -2.35. The third-order valence-corrected chi connectivity index (χ3v) is 1.46. The number of aromatic nitrogens is 3. The summed E-state index contributed by atoms with van der Waals surface area (Å²) in [6, 6.07) is 0. The van der Waals surface area contributed by atoms with Crippen LogP contribution in [0.4, 0.5) is 0 Å². The van der Waals surface area contributed by atoms with Crippen LogP contribution in [0.3, 0.4) is 0 Å². The zero-order valence-corrected chi connectivity index (χ0v) is 7.24. The molecule has 1 N–H and O–H groups in total. The first-order valence-electron chi connectivity index (χ1n) is 4.04. The molecule has 0 aliphatic carbocycles. The van der Waals surface area contributed by atoms with Crippen LogP contribution in [0.15, 0.2) is 6.33 Å². The van der Waals surface area contributed by atoms with Gasteiger partial charge in [-0.3, -0.25) is 4.79 Å². The summed E-state index contributed by atoms with van der Waals surface area (Å²) >= 11 is 0. The number of amides is 1. The van der Waals surface area contributed by atoms with Gasteiger partial charge in [0, 0.05) is 13.1 Å². The molecule has 0 spiro atoms. The Morgan fingerprint density at radius 1 is 1.58 bits per heavy atom. The van der Waals surface area contributed by atoms with Gasteiger partial charge in [-0.25, -0.2) is 0 Å². The van der Waals surface area contributed by atoms with E-state index in [2.05, 4.69) is 15.5 Å². The molecule has 0 saturated carbocycles. The molecule has 0 saturated heterocycles. The lowest BCUT2D eigenvalue weighted by Gasteiger charge is -2.11. The summed E-state index contributed by atoms with van der Waals surface area (Å²) < 4.78 is 1.73. The second-order valence-electron chi connectivity index (χ2n) is 2.10. The van der Waals surface area contributed by atoms with Crippen LogP contribution in [0.25, 0.3) is 0 Å². The van der Waals surface area contributed by atoms with Crippen molar-refractivity contribution >= 4 is 5.91 Å². The van der Waals surface area contributed by atoms with Crippen molar-refractivity contribution in [3.63, 3.8) is 0 Å². The van der Waals surface area contributed by atoms with Crippen molar-refractivity contribution in [2.24, 2.45) is 0 Å². The lowest BCUT2D eigenvalue weighted by molar-refractivity contribution is 0.0921. The number of carbonyl (C=O) groups is 1. The number of fused-ring (bicyclic) bond motifs is 1. The third kappa shape index (κ3) is 1.44. The van der Waals surface area contributed by atoms with Gasteiger partial charge in [0.2, 0.25) is 5.82 Å². The fourth-order valence-corrected chi connectivity index (χ4v) is 0.963. The van der Waals surface area contributed by atoms with E-state index >= 15 is 0 Å². The van der Waals surface area contributed by atoms with Gasteiger partial charge < -0.3 is 9.88 Å². The van der Waals surface area contributed by atoms with Crippen LogP contribution in [0.1, 0.15) is 24.5 Å². The molecular weight excluding hydrogens is 156 g/mol. The van der Waals surface area contributed by atoms with Gasteiger partial charge in [-0.1, -0.05) is 13.8 Å². The average molecular weight is 168 g/mol. The second kappa shape index (κ2) is 3.85. The fraction of sp³-hybridized carbons (Fsp3) is 0.571. The lowest BCUT2D eigenvalue weighted by atomic mass is 10.4. The molecule has 1 aliphatic heterocycles. The number of rotatable bonds is 0. The molecule has 0 radical (unpaired) electrons. The fourth-order valence-electron chi connectivity index (χ4n) is 0.963. The van der Waals surface area contributed by atoms with E-state index in [1.807, 2.05) is 13.8 Å². The van der Waals surface area contributed by atoms with Crippen molar-refractivity contribution in [2.45, 2.75) is 20.4 Å². The number of nitrogens with zero attached hydrogens (tertiary/aromatic N) is 3. The summed E-state index contributed by atoms with van der Waals surface area (Å²) in [5.41, 5.74) is 0. The topological polar surface area (TPSA) is 59.8 Å². The van der Waals surface area contributed by atoms with Crippen LogP contribution in [0.2, 0.25) is 0 Å². The minimum Gasteiger partial charge on any atom is -0.348 e. The minimum absolute atomic E-state index is 0.135. The molecule has 2 heterocycles. The number of carbonyl (C=O) groups excluding carboxylic acids is 1. The maximum absolute atomic E-state index is 10.9. The van der Waals surface area contributed by atoms with Gasteiger partial charge in [-0.15, -0.1) is 10.2 Å². The Kier molecular flexibility index (Phi) is 2.79. The van der Waals surface area contributed by atoms with Gasteiger partial charge in [0.15, 0.2) is 0 Å². The smallest absolute Gasteiger partial charge is 0.289 e. The Morgan fingerprint density at radius 3 is 3.00 bits per heavy atom. The van der Waals surface area contributed by atoms with E-state index in [0.29, 0.717) is 12.4 Å². The molecule has 1 aromatic rings. The van der Waals surface area contributed by atoms with E-state index in [-0.39, 0.29) is 5.91 Å². The Bertz CT molecular complexity index is 268. The first kappa shape index (κ1) is 8.70. The largest absolute Gasteiger partial charge is 0.348 e. The van der Waals surface area contributed by atoms with E-state index in [4.69, 9.17) is 0 Å². The summed E-state index contributed by atoms with van der Waals surface area (Å²) in [5, 5.41) is 9.91. The van der Waals surface area contributed by atoms with Crippen molar-refractivity contribution in [1.82, 2.24) is 20.1 Å². The SMILES string of the molecule is CC.O=C1NCCn2cnnc21. The van der Waals surface area contributed by atoms with Gasteiger partial charge in [0.25, 0.3) is 5.91 Å². The highest BCUT2D eigenvalue weighted by Gasteiger charge is 2.17. The summed E-state index contributed by atoms with van der Waals surface area (Å²) in [4.78, 5) is 10.9. The summed E-state index contributed by atoms with van der Waals surface area (Å²) in [6.07, 6.45) is 1.56. The van der Waals surface area contributed by atoms with E-state index in [1.54, 1.807) is 10.9 Å². The maximum atomic E-state index is 10.9. The summed E-state index contributed by atoms with van der Waals surface area (Å²) in [7, 11) is 0. The normalized spacial score (nSPS) is 14.0. The summed E-state index contributed by atoms with van der Waals surface area (Å²) in [5.74, 6) is 0.273. The van der Waals surface area contributed by atoms with Gasteiger partial charge in [-0.05, 0) is 0 Å². The van der Waals surface area contributed by atoms with Crippen LogP contribution in [0, 0.1) is 0 Å². The van der Waals surface area contributed by atoms with Crippen LogP contribution < -0.4 is 5.32 Å². The van der Waals surface area contributed by atoms with Crippen molar-refractivity contribution in [3.8, 4) is 0 Å². The molecule has 1 amide bonds. The number of nitrogens with one attached hydrogen (secondary N) is 1. The Labute approximate surface area is 70.8 Å². The van der Waals surface area contributed by atoms with Crippen LogP contribution in [0.5, 0.6) is 0 Å². The highest BCUT2D eigenvalue weighted by Crippen LogP contribution is 1.98. The van der Waals surface area contributed by atoms with Gasteiger partial charge in [-0.2, -0.15) is 0 Å². The zero-order valence-electron chi connectivity index (χ0n) is 7.24. The standard InChI is InChI=1S/C5H6N4O.C2H6/c10-5-4-8-7-3-9(4)2-1-6-5;1-2/h3H,1-2H2,(H,6,10);1-2H3. The maximum Gasteiger partial charge on any atom is 0.289 e. The van der Waals surface area contributed by atoms with E-state index < -0.39 is 0 Å². The number of hydrogen-bond donors (Lipinski definition) is 1. The Balaban J connectivity index is 0.000000336. The molecule has 0 bridgehead atoms. The highest BCUT2D eigenvalue weighted by atomic mass is 16.2. The quantitative estimate of drug-likeness (QED) is 0.595. The van der Waals surface area contributed by atoms with Crippen LogP contribution in [-0.4, -0.2) is 27.2 Å². The molecule has 0 aromatic carbocycles. The molecule has 1 aromatic heterocycles. The van der Waals surface area contributed by atoms with E-state index in [0.717, 1.165) is 6.54 Å². The zero-order chi connectivity index (χ0) is 8.97. The van der Waals surface area contributed by atoms with Crippen LogP contribution in [-0.2, 0) is 6.54 Å². The van der Waals surface area contributed by atoms with Gasteiger partial charge >= 0.3 is 0 Å². The molecule has 5 nitrogen and oxygen atoms in total. The third-order valence-electron chi connectivity index (χ3n) is 1.46. The second-order valence-corrected chi connectivity index (χ2v) is 2.10. The predicted molar refractivity (Wildman–Crippen MR) is 43.7 cm³/mol.